The number of rotatable bonds is 3. The van der Waals surface area contributed by atoms with Crippen molar-refractivity contribution in [1.82, 2.24) is 9.97 Å². The highest BCUT2D eigenvalue weighted by atomic mass is 16.1. The summed E-state index contributed by atoms with van der Waals surface area (Å²) in [6, 6.07) is 1.85. The molecule has 16 heavy (non-hydrogen) atoms. The number of hydrogen-bond donors (Lipinski definition) is 2. The second kappa shape index (κ2) is 4.57. The number of nitrogens with zero attached hydrogens (tertiary/aromatic N) is 2. The third-order valence-electron chi connectivity index (χ3n) is 1.85. The molecule has 0 spiro atoms. The molecule has 88 valence electrons. The van der Waals surface area contributed by atoms with Gasteiger partial charge in [-0.05, 0) is 33.8 Å². The summed E-state index contributed by atoms with van der Waals surface area (Å²) in [6.07, 6.45) is 0.239. The Balaban J connectivity index is 2.70. The van der Waals surface area contributed by atoms with E-state index in [1.54, 1.807) is 13.8 Å². The molecule has 1 rings (SSSR count). The lowest BCUT2D eigenvalue weighted by Gasteiger charge is -2.17. The molecule has 0 aliphatic carbocycles. The molecule has 1 aromatic rings. The van der Waals surface area contributed by atoms with Crippen LogP contribution < -0.4 is 11.1 Å². The van der Waals surface area contributed by atoms with Crippen molar-refractivity contribution in [1.29, 1.82) is 0 Å². The van der Waals surface area contributed by atoms with Crippen LogP contribution >= 0.6 is 0 Å². The van der Waals surface area contributed by atoms with E-state index in [1.807, 2.05) is 19.9 Å². The van der Waals surface area contributed by atoms with Crippen LogP contribution in [0.2, 0.25) is 0 Å². The van der Waals surface area contributed by atoms with Crippen LogP contribution in [0, 0.1) is 13.8 Å². The summed E-state index contributed by atoms with van der Waals surface area (Å²) < 4.78 is 0. The lowest BCUT2D eigenvalue weighted by Crippen LogP contribution is -2.36. The predicted octanol–water partition coefficient (Wildman–Crippen LogP) is 1.16. The molecule has 3 N–H and O–H groups in total. The third kappa shape index (κ3) is 4.35. The molecule has 1 aromatic heterocycles. The van der Waals surface area contributed by atoms with Crippen LogP contribution in [0.15, 0.2) is 6.07 Å². The van der Waals surface area contributed by atoms with Crippen LogP contribution in [-0.4, -0.2) is 21.4 Å². The topological polar surface area (TPSA) is 80.9 Å². The minimum atomic E-state index is -0.525. The van der Waals surface area contributed by atoms with E-state index in [0.29, 0.717) is 5.95 Å². The van der Waals surface area contributed by atoms with E-state index in [0.717, 1.165) is 11.4 Å². The first-order valence-corrected chi connectivity index (χ1v) is 5.17. The van der Waals surface area contributed by atoms with Gasteiger partial charge in [0.25, 0.3) is 0 Å². The largest absolute Gasteiger partial charge is 0.325 e. The normalized spacial score (nSPS) is 11.3. The molecule has 0 unspecified atom stereocenters. The summed E-state index contributed by atoms with van der Waals surface area (Å²) in [6.45, 7) is 7.32. The van der Waals surface area contributed by atoms with E-state index >= 15 is 0 Å². The van der Waals surface area contributed by atoms with Crippen molar-refractivity contribution in [2.24, 2.45) is 5.73 Å². The number of aryl methyl sites for hydroxylation is 2. The first kappa shape index (κ1) is 12.6. The average molecular weight is 222 g/mol. The van der Waals surface area contributed by atoms with E-state index in [2.05, 4.69) is 15.3 Å². The Morgan fingerprint density at radius 3 is 2.31 bits per heavy atom. The Labute approximate surface area is 95.5 Å². The van der Waals surface area contributed by atoms with Crippen molar-refractivity contribution >= 4 is 11.9 Å². The van der Waals surface area contributed by atoms with Gasteiger partial charge in [0, 0.05) is 23.3 Å². The Morgan fingerprint density at radius 2 is 1.88 bits per heavy atom. The van der Waals surface area contributed by atoms with Gasteiger partial charge in [0.2, 0.25) is 11.9 Å². The van der Waals surface area contributed by atoms with Gasteiger partial charge in [-0.25, -0.2) is 9.97 Å². The number of amides is 1. The third-order valence-corrected chi connectivity index (χ3v) is 1.85. The molecule has 1 amide bonds. The average Bonchev–Trinajstić information content (AvgIpc) is 1.96. The molecule has 0 saturated heterocycles. The highest BCUT2D eigenvalue weighted by molar-refractivity contribution is 5.89. The van der Waals surface area contributed by atoms with Crippen LogP contribution in [-0.2, 0) is 4.79 Å². The quantitative estimate of drug-likeness (QED) is 0.804. The number of carbonyl (C=O) groups is 1. The van der Waals surface area contributed by atoms with Crippen molar-refractivity contribution in [3.63, 3.8) is 0 Å². The van der Waals surface area contributed by atoms with Gasteiger partial charge in [-0.2, -0.15) is 0 Å². The summed E-state index contributed by atoms with van der Waals surface area (Å²) >= 11 is 0. The Hall–Kier alpha value is -1.49. The molecule has 0 saturated carbocycles. The molecule has 5 nitrogen and oxygen atoms in total. The van der Waals surface area contributed by atoms with Crippen molar-refractivity contribution in [2.75, 3.05) is 5.32 Å². The van der Waals surface area contributed by atoms with Crippen molar-refractivity contribution in [2.45, 2.75) is 39.7 Å². The maximum absolute atomic E-state index is 11.6. The fourth-order valence-electron chi connectivity index (χ4n) is 1.36. The molecular weight excluding hydrogens is 204 g/mol. The zero-order chi connectivity index (χ0) is 12.3. The SMILES string of the molecule is Cc1cc(C)nc(NC(=O)CC(C)(C)N)n1. The predicted molar refractivity (Wildman–Crippen MR) is 63.0 cm³/mol. The maximum atomic E-state index is 11.6. The van der Waals surface area contributed by atoms with Crippen LogP contribution in [0.1, 0.15) is 31.7 Å². The van der Waals surface area contributed by atoms with E-state index in [4.69, 9.17) is 5.73 Å². The van der Waals surface area contributed by atoms with Crippen LogP contribution in [0.4, 0.5) is 5.95 Å². The molecule has 0 aromatic carbocycles. The molecule has 0 aliphatic rings. The number of nitrogens with two attached hydrogens (primary N) is 1. The second-order valence-electron chi connectivity index (χ2n) is 4.69. The molecule has 1 heterocycles. The number of nitrogens with one attached hydrogen (secondary N) is 1. The molecule has 0 fully saturated rings. The molecule has 0 bridgehead atoms. The van der Waals surface area contributed by atoms with Gasteiger partial charge in [-0.1, -0.05) is 0 Å². The zero-order valence-corrected chi connectivity index (χ0v) is 10.2. The highest BCUT2D eigenvalue weighted by Gasteiger charge is 2.17. The summed E-state index contributed by atoms with van der Waals surface area (Å²) in [5.41, 5.74) is 6.88. The fourth-order valence-corrected chi connectivity index (χ4v) is 1.36. The minimum absolute atomic E-state index is 0.169. The van der Waals surface area contributed by atoms with Crippen LogP contribution in [0.3, 0.4) is 0 Å². The molecule has 5 heteroatoms. The van der Waals surface area contributed by atoms with Gasteiger partial charge in [0.05, 0.1) is 0 Å². The minimum Gasteiger partial charge on any atom is -0.325 e. The zero-order valence-electron chi connectivity index (χ0n) is 10.2. The lowest BCUT2D eigenvalue weighted by molar-refractivity contribution is -0.117. The summed E-state index contributed by atoms with van der Waals surface area (Å²) in [7, 11) is 0. The van der Waals surface area contributed by atoms with Gasteiger partial charge in [-0.3, -0.25) is 10.1 Å². The monoisotopic (exact) mass is 222 g/mol. The summed E-state index contributed by atoms with van der Waals surface area (Å²) in [5.74, 6) is 0.171. The lowest BCUT2D eigenvalue weighted by atomic mass is 10.0. The fraction of sp³-hybridized carbons (Fsp3) is 0.545. The van der Waals surface area contributed by atoms with Crippen molar-refractivity contribution < 1.29 is 4.79 Å². The number of carbonyl (C=O) groups excluding carboxylic acids is 1. The second-order valence-corrected chi connectivity index (χ2v) is 4.69. The van der Waals surface area contributed by atoms with E-state index in [-0.39, 0.29) is 12.3 Å². The molecule has 0 atom stereocenters. The van der Waals surface area contributed by atoms with Crippen LogP contribution in [0.5, 0.6) is 0 Å². The maximum Gasteiger partial charge on any atom is 0.229 e. The molecule has 0 radical (unpaired) electrons. The first-order chi connectivity index (χ1) is 7.26. The van der Waals surface area contributed by atoms with E-state index in [1.165, 1.54) is 0 Å². The van der Waals surface area contributed by atoms with E-state index < -0.39 is 5.54 Å². The Morgan fingerprint density at radius 1 is 1.38 bits per heavy atom. The number of hydrogen-bond acceptors (Lipinski definition) is 4. The van der Waals surface area contributed by atoms with Gasteiger partial charge in [0.1, 0.15) is 0 Å². The van der Waals surface area contributed by atoms with Gasteiger partial charge in [0.15, 0.2) is 0 Å². The van der Waals surface area contributed by atoms with Gasteiger partial charge >= 0.3 is 0 Å². The first-order valence-electron chi connectivity index (χ1n) is 5.17. The summed E-state index contributed by atoms with van der Waals surface area (Å²) in [5, 5.41) is 2.64. The Bertz CT molecular complexity index is 375. The van der Waals surface area contributed by atoms with Crippen molar-refractivity contribution in [3.8, 4) is 0 Å². The van der Waals surface area contributed by atoms with Gasteiger partial charge < -0.3 is 5.73 Å². The van der Waals surface area contributed by atoms with Crippen LogP contribution in [0.25, 0.3) is 0 Å². The smallest absolute Gasteiger partial charge is 0.229 e. The number of aromatic nitrogens is 2. The van der Waals surface area contributed by atoms with E-state index in [9.17, 15) is 4.79 Å². The molecule has 0 aliphatic heterocycles. The summed E-state index contributed by atoms with van der Waals surface area (Å²) in [4.78, 5) is 19.8. The highest BCUT2D eigenvalue weighted by Crippen LogP contribution is 2.07. The number of anilines is 1. The van der Waals surface area contributed by atoms with Gasteiger partial charge in [-0.15, -0.1) is 0 Å². The molecular formula is C11H18N4O. The van der Waals surface area contributed by atoms with Crippen molar-refractivity contribution in [3.05, 3.63) is 17.5 Å². The standard InChI is InChI=1S/C11H18N4O/c1-7-5-8(2)14-10(13-7)15-9(16)6-11(3,4)12/h5H,6,12H2,1-4H3,(H,13,14,15,16). The Kier molecular flexibility index (Phi) is 3.59.